The normalized spacial score (nSPS) is 20.9. The van der Waals surface area contributed by atoms with Gasteiger partial charge >= 0.3 is 6.18 Å². The first-order valence-electron chi connectivity index (χ1n) is 6.91. The van der Waals surface area contributed by atoms with Gasteiger partial charge in [-0.3, -0.25) is 0 Å². The number of rotatable bonds is 3. The van der Waals surface area contributed by atoms with Gasteiger partial charge in [-0.1, -0.05) is 18.2 Å². The van der Waals surface area contributed by atoms with Crippen LogP contribution >= 0.6 is 0 Å². The van der Waals surface area contributed by atoms with Crippen LogP contribution in [0.2, 0.25) is 0 Å². The van der Waals surface area contributed by atoms with E-state index in [2.05, 4.69) is 9.97 Å². The van der Waals surface area contributed by atoms with E-state index in [1.807, 2.05) is 0 Å². The lowest BCUT2D eigenvalue weighted by molar-refractivity contribution is -0.333. The van der Waals surface area contributed by atoms with Crippen molar-refractivity contribution in [1.82, 2.24) is 9.97 Å². The van der Waals surface area contributed by atoms with E-state index in [9.17, 15) is 13.2 Å². The van der Waals surface area contributed by atoms with Crippen LogP contribution in [0.1, 0.15) is 17.8 Å². The number of benzene rings is 1. The number of nitrogen functional groups attached to an aromatic ring is 1. The Labute approximate surface area is 130 Å². The van der Waals surface area contributed by atoms with Crippen molar-refractivity contribution in [2.24, 2.45) is 0 Å². The van der Waals surface area contributed by atoms with Gasteiger partial charge in [-0.15, -0.1) is 0 Å². The number of alkyl halides is 3. The summed E-state index contributed by atoms with van der Waals surface area (Å²) in [7, 11) is 0. The van der Waals surface area contributed by atoms with E-state index < -0.39 is 11.8 Å². The summed E-state index contributed by atoms with van der Waals surface area (Å²) in [5.41, 5.74) is 3.43. The number of para-hydroxylation sites is 1. The van der Waals surface area contributed by atoms with Crippen LogP contribution in [-0.2, 0) is 10.3 Å². The monoisotopic (exact) mass is 325 g/mol. The minimum absolute atomic E-state index is 0.00863. The van der Waals surface area contributed by atoms with Gasteiger partial charge in [-0.05, 0) is 13.0 Å². The first-order valence-corrected chi connectivity index (χ1v) is 6.91. The van der Waals surface area contributed by atoms with Crippen LogP contribution in [0.3, 0.4) is 0 Å². The molecule has 0 saturated carbocycles. The first-order chi connectivity index (χ1) is 10.8. The standard InChI is InChI=1S/C15H14F3N3O2/c1-9-20-8-11(19)13(21-9)23-12-5-3-2-4-10(12)14(6-7-22-14)15(16,17)18/h2-5,8H,6-7,19H2,1H3. The lowest BCUT2D eigenvalue weighted by Crippen LogP contribution is -2.52. The van der Waals surface area contributed by atoms with Crippen molar-refractivity contribution in [2.45, 2.75) is 25.1 Å². The molecule has 2 heterocycles. The van der Waals surface area contributed by atoms with Crippen LogP contribution in [0.15, 0.2) is 30.5 Å². The number of nitrogens with zero attached hydrogens (tertiary/aromatic N) is 2. The minimum atomic E-state index is -4.54. The molecular weight excluding hydrogens is 311 g/mol. The molecule has 1 saturated heterocycles. The molecule has 8 heteroatoms. The summed E-state index contributed by atoms with van der Waals surface area (Å²) in [5.74, 6) is 0.424. The predicted molar refractivity (Wildman–Crippen MR) is 76.0 cm³/mol. The average Bonchev–Trinajstić information content (AvgIpc) is 2.42. The molecule has 0 aliphatic carbocycles. The summed E-state index contributed by atoms with van der Waals surface area (Å²) in [4.78, 5) is 7.91. The van der Waals surface area contributed by atoms with Crippen LogP contribution in [0.4, 0.5) is 18.9 Å². The third-order valence-electron chi connectivity index (χ3n) is 3.69. The highest BCUT2D eigenvalue weighted by Crippen LogP contribution is 2.53. The van der Waals surface area contributed by atoms with Gasteiger partial charge in [0.25, 0.3) is 0 Å². The second kappa shape index (κ2) is 5.38. The highest BCUT2D eigenvalue weighted by atomic mass is 19.4. The maximum atomic E-state index is 13.5. The SMILES string of the molecule is Cc1ncc(N)c(Oc2ccccc2C2(C(F)(F)F)CCO2)n1. The Balaban J connectivity index is 2.04. The molecular formula is C15H14F3N3O2. The van der Waals surface area contributed by atoms with Gasteiger partial charge in [-0.25, -0.2) is 4.98 Å². The van der Waals surface area contributed by atoms with E-state index in [1.54, 1.807) is 13.0 Å². The number of aryl methyl sites for hydroxylation is 1. The average molecular weight is 325 g/mol. The molecule has 0 bridgehead atoms. The third kappa shape index (κ3) is 2.59. The number of halogens is 3. The zero-order chi connectivity index (χ0) is 16.7. The van der Waals surface area contributed by atoms with Gasteiger partial charge < -0.3 is 15.2 Å². The second-order valence-electron chi connectivity index (χ2n) is 5.20. The van der Waals surface area contributed by atoms with Gasteiger partial charge in [-0.2, -0.15) is 18.2 Å². The molecule has 1 aromatic carbocycles. The number of aromatic nitrogens is 2. The van der Waals surface area contributed by atoms with Crippen LogP contribution in [-0.4, -0.2) is 22.8 Å². The molecule has 1 unspecified atom stereocenters. The largest absolute Gasteiger partial charge is 0.437 e. The Hall–Kier alpha value is -2.35. The van der Waals surface area contributed by atoms with E-state index in [4.69, 9.17) is 15.2 Å². The Morgan fingerprint density at radius 3 is 2.61 bits per heavy atom. The zero-order valence-corrected chi connectivity index (χ0v) is 12.2. The lowest BCUT2D eigenvalue weighted by Gasteiger charge is -2.43. The van der Waals surface area contributed by atoms with Crippen molar-refractivity contribution in [3.05, 3.63) is 41.9 Å². The van der Waals surface area contributed by atoms with E-state index in [0.29, 0.717) is 5.82 Å². The maximum Gasteiger partial charge on any atom is 0.421 e. The molecule has 2 aromatic rings. The molecule has 0 radical (unpaired) electrons. The lowest BCUT2D eigenvalue weighted by atomic mass is 9.85. The topological polar surface area (TPSA) is 70.3 Å². The molecule has 122 valence electrons. The molecule has 1 aliphatic rings. The number of hydrogen-bond donors (Lipinski definition) is 1. The Morgan fingerprint density at radius 1 is 1.30 bits per heavy atom. The summed E-state index contributed by atoms with van der Waals surface area (Å²) in [6.07, 6.45) is -3.35. The van der Waals surface area contributed by atoms with Gasteiger partial charge in [0, 0.05) is 12.0 Å². The smallest absolute Gasteiger partial charge is 0.421 e. The molecule has 5 nitrogen and oxygen atoms in total. The van der Waals surface area contributed by atoms with Crippen molar-refractivity contribution in [3.63, 3.8) is 0 Å². The van der Waals surface area contributed by atoms with Crippen molar-refractivity contribution >= 4 is 5.69 Å². The van der Waals surface area contributed by atoms with Gasteiger partial charge in [0.15, 0.2) is 5.60 Å². The number of nitrogens with two attached hydrogens (primary N) is 1. The Morgan fingerprint density at radius 2 is 2.00 bits per heavy atom. The number of hydrogen-bond acceptors (Lipinski definition) is 5. The van der Waals surface area contributed by atoms with Crippen molar-refractivity contribution in [2.75, 3.05) is 12.3 Å². The van der Waals surface area contributed by atoms with Crippen LogP contribution in [0, 0.1) is 6.92 Å². The Kier molecular flexibility index (Phi) is 3.63. The molecule has 2 N–H and O–H groups in total. The molecule has 1 aliphatic heterocycles. The van der Waals surface area contributed by atoms with Crippen molar-refractivity contribution in [1.29, 1.82) is 0 Å². The van der Waals surface area contributed by atoms with Gasteiger partial charge in [0.1, 0.15) is 17.3 Å². The molecule has 0 amide bonds. The van der Waals surface area contributed by atoms with E-state index >= 15 is 0 Å². The summed E-state index contributed by atoms with van der Waals surface area (Å²) in [6.45, 7) is 1.67. The van der Waals surface area contributed by atoms with Gasteiger partial charge in [0.05, 0.1) is 12.8 Å². The summed E-state index contributed by atoms with van der Waals surface area (Å²) in [5, 5.41) is 0. The molecule has 3 rings (SSSR count). The number of anilines is 1. The van der Waals surface area contributed by atoms with Crippen molar-refractivity contribution in [3.8, 4) is 11.6 Å². The zero-order valence-electron chi connectivity index (χ0n) is 12.2. The maximum absolute atomic E-state index is 13.5. The predicted octanol–water partition coefficient (Wildman–Crippen LogP) is 3.34. The van der Waals surface area contributed by atoms with Crippen LogP contribution < -0.4 is 10.5 Å². The molecule has 23 heavy (non-hydrogen) atoms. The fraction of sp³-hybridized carbons (Fsp3) is 0.333. The third-order valence-corrected chi connectivity index (χ3v) is 3.69. The quantitative estimate of drug-likeness (QED) is 0.937. The summed E-state index contributed by atoms with van der Waals surface area (Å²) < 4.78 is 50.9. The van der Waals surface area contributed by atoms with E-state index in [-0.39, 0.29) is 35.9 Å². The summed E-state index contributed by atoms with van der Waals surface area (Å²) >= 11 is 0. The minimum Gasteiger partial charge on any atom is -0.437 e. The molecule has 1 aromatic heterocycles. The Bertz CT molecular complexity index is 730. The molecule has 0 spiro atoms. The van der Waals surface area contributed by atoms with Gasteiger partial charge in [0.2, 0.25) is 5.88 Å². The van der Waals surface area contributed by atoms with E-state index in [1.165, 1.54) is 24.4 Å². The highest BCUT2D eigenvalue weighted by Gasteiger charge is 2.62. The molecule has 1 atom stereocenters. The first kappa shape index (κ1) is 15.5. The summed E-state index contributed by atoms with van der Waals surface area (Å²) in [6, 6.07) is 5.85. The number of ether oxygens (including phenoxy) is 2. The van der Waals surface area contributed by atoms with E-state index in [0.717, 1.165) is 0 Å². The second-order valence-corrected chi connectivity index (χ2v) is 5.20. The molecule has 1 fully saturated rings. The van der Waals surface area contributed by atoms with Crippen molar-refractivity contribution < 1.29 is 22.6 Å². The fourth-order valence-electron chi connectivity index (χ4n) is 2.43. The highest BCUT2D eigenvalue weighted by molar-refractivity contribution is 5.50. The van der Waals surface area contributed by atoms with Crippen LogP contribution in [0.25, 0.3) is 0 Å². The fourth-order valence-corrected chi connectivity index (χ4v) is 2.43. The van der Waals surface area contributed by atoms with Crippen LogP contribution in [0.5, 0.6) is 11.6 Å².